The van der Waals surface area contributed by atoms with Crippen molar-refractivity contribution in [3.63, 3.8) is 0 Å². The highest BCUT2D eigenvalue weighted by atomic mass is 127. The van der Waals surface area contributed by atoms with Crippen molar-refractivity contribution in [1.29, 1.82) is 0 Å². The number of piperidine rings is 1. The largest absolute Gasteiger partial charge is 0.356 e. The fraction of sp³-hybridized carbons (Fsp3) is 0.652. The molecule has 6 nitrogen and oxygen atoms in total. The van der Waals surface area contributed by atoms with Gasteiger partial charge in [0.2, 0.25) is 0 Å². The standard InChI is InChI=1S/C23H36N6.HI/c1-18-7-6-14-29-17-20(26-22(18)29)10-13-25-23(24-2)27-19-11-15-28(16-12-19)21-8-4-3-5-9-21;/h6-7,14,17,19,21H,3-5,8-13,15-16H2,1-2H3,(H2,24,25,27);1H. The molecule has 2 aliphatic rings. The number of halogens is 1. The number of pyridine rings is 1. The molecule has 0 aromatic carbocycles. The van der Waals surface area contributed by atoms with Gasteiger partial charge in [-0.25, -0.2) is 4.98 Å². The van der Waals surface area contributed by atoms with E-state index in [1.54, 1.807) is 0 Å². The third kappa shape index (κ3) is 5.87. The zero-order valence-corrected chi connectivity index (χ0v) is 20.8. The van der Waals surface area contributed by atoms with E-state index in [1.807, 2.05) is 7.05 Å². The van der Waals surface area contributed by atoms with Crippen LogP contribution in [-0.4, -0.2) is 59.0 Å². The molecule has 0 unspecified atom stereocenters. The summed E-state index contributed by atoms with van der Waals surface area (Å²) < 4.78 is 2.11. The molecular formula is C23H37IN6. The van der Waals surface area contributed by atoms with Crippen LogP contribution in [-0.2, 0) is 6.42 Å². The van der Waals surface area contributed by atoms with E-state index in [1.165, 1.54) is 63.6 Å². The van der Waals surface area contributed by atoms with Gasteiger partial charge in [0.1, 0.15) is 5.65 Å². The van der Waals surface area contributed by atoms with Crippen molar-refractivity contribution in [1.82, 2.24) is 24.9 Å². The highest BCUT2D eigenvalue weighted by Gasteiger charge is 2.26. The number of rotatable bonds is 5. The van der Waals surface area contributed by atoms with Crippen molar-refractivity contribution < 1.29 is 0 Å². The van der Waals surface area contributed by atoms with Crippen molar-refractivity contribution >= 4 is 35.6 Å². The van der Waals surface area contributed by atoms with Crippen LogP contribution in [0.15, 0.2) is 29.5 Å². The molecule has 3 heterocycles. The van der Waals surface area contributed by atoms with Gasteiger partial charge in [-0.05, 0) is 44.2 Å². The molecular weight excluding hydrogens is 487 g/mol. The molecule has 0 bridgehead atoms. The Morgan fingerprint density at radius 3 is 2.63 bits per heavy atom. The van der Waals surface area contributed by atoms with E-state index in [4.69, 9.17) is 4.98 Å². The molecule has 0 spiro atoms. The fourth-order valence-corrected chi connectivity index (χ4v) is 4.88. The zero-order chi connectivity index (χ0) is 20.1. The summed E-state index contributed by atoms with van der Waals surface area (Å²) >= 11 is 0. The number of aliphatic imine (C=N–C) groups is 1. The second-order valence-electron chi connectivity index (χ2n) is 8.65. The van der Waals surface area contributed by atoms with Crippen LogP contribution >= 0.6 is 24.0 Å². The average Bonchev–Trinajstić information content (AvgIpc) is 3.18. The van der Waals surface area contributed by atoms with Crippen molar-refractivity contribution in [3.05, 3.63) is 35.8 Å². The summed E-state index contributed by atoms with van der Waals surface area (Å²) in [6.07, 6.45) is 14.6. The molecule has 30 heavy (non-hydrogen) atoms. The van der Waals surface area contributed by atoms with E-state index in [-0.39, 0.29) is 24.0 Å². The number of nitrogens with one attached hydrogen (secondary N) is 2. The summed E-state index contributed by atoms with van der Waals surface area (Å²) in [5, 5.41) is 7.11. The minimum absolute atomic E-state index is 0. The first-order valence-corrected chi connectivity index (χ1v) is 11.4. The minimum Gasteiger partial charge on any atom is -0.356 e. The van der Waals surface area contributed by atoms with Crippen molar-refractivity contribution in [2.45, 2.75) is 70.4 Å². The molecule has 2 aromatic heterocycles. The third-order valence-electron chi connectivity index (χ3n) is 6.59. The van der Waals surface area contributed by atoms with Gasteiger partial charge in [0, 0.05) is 57.6 Å². The Kier molecular flexibility index (Phi) is 8.80. The lowest BCUT2D eigenvalue weighted by atomic mass is 9.92. The summed E-state index contributed by atoms with van der Waals surface area (Å²) in [6, 6.07) is 5.54. The first-order valence-electron chi connectivity index (χ1n) is 11.4. The van der Waals surface area contributed by atoms with Crippen LogP contribution in [0.2, 0.25) is 0 Å². The molecule has 1 saturated heterocycles. The molecule has 1 aliphatic carbocycles. The Balaban J connectivity index is 0.00000256. The Morgan fingerprint density at radius 2 is 1.93 bits per heavy atom. The minimum atomic E-state index is 0. The lowest BCUT2D eigenvalue weighted by Gasteiger charge is -2.39. The predicted molar refractivity (Wildman–Crippen MR) is 135 cm³/mol. The monoisotopic (exact) mass is 524 g/mol. The predicted octanol–water partition coefficient (Wildman–Crippen LogP) is 3.77. The van der Waals surface area contributed by atoms with Crippen molar-refractivity contribution in [2.24, 2.45) is 4.99 Å². The first-order chi connectivity index (χ1) is 14.2. The molecule has 4 rings (SSSR count). The topological polar surface area (TPSA) is 57.0 Å². The van der Waals surface area contributed by atoms with Crippen LogP contribution in [0.1, 0.15) is 56.2 Å². The van der Waals surface area contributed by atoms with Crippen LogP contribution in [0, 0.1) is 6.92 Å². The highest BCUT2D eigenvalue weighted by Crippen LogP contribution is 2.25. The highest BCUT2D eigenvalue weighted by molar-refractivity contribution is 14.0. The number of guanidine groups is 1. The van der Waals surface area contributed by atoms with Gasteiger partial charge in [-0.15, -0.1) is 24.0 Å². The lowest BCUT2D eigenvalue weighted by molar-refractivity contribution is 0.119. The molecule has 166 valence electrons. The van der Waals surface area contributed by atoms with Crippen molar-refractivity contribution in [3.8, 4) is 0 Å². The summed E-state index contributed by atoms with van der Waals surface area (Å²) in [7, 11) is 1.86. The number of nitrogens with zero attached hydrogens (tertiary/aromatic N) is 4. The lowest BCUT2D eigenvalue weighted by Crippen LogP contribution is -2.51. The summed E-state index contributed by atoms with van der Waals surface area (Å²) in [5.41, 5.74) is 3.38. The second kappa shape index (κ2) is 11.3. The molecule has 1 aliphatic heterocycles. The smallest absolute Gasteiger partial charge is 0.191 e. The van der Waals surface area contributed by atoms with E-state index in [2.05, 4.69) is 56.4 Å². The van der Waals surface area contributed by atoms with Crippen LogP contribution in [0.5, 0.6) is 0 Å². The Labute approximate surface area is 197 Å². The number of imidazole rings is 1. The van der Waals surface area contributed by atoms with Gasteiger partial charge < -0.3 is 19.9 Å². The summed E-state index contributed by atoms with van der Waals surface area (Å²) in [6.45, 7) is 5.39. The number of hydrogen-bond donors (Lipinski definition) is 2. The molecule has 1 saturated carbocycles. The van der Waals surface area contributed by atoms with Crippen LogP contribution in [0.3, 0.4) is 0 Å². The molecule has 2 N–H and O–H groups in total. The summed E-state index contributed by atoms with van der Waals surface area (Å²) in [5.74, 6) is 0.918. The van der Waals surface area contributed by atoms with Gasteiger partial charge >= 0.3 is 0 Å². The van der Waals surface area contributed by atoms with Gasteiger partial charge in [0.15, 0.2) is 5.96 Å². The maximum absolute atomic E-state index is 4.76. The molecule has 2 fully saturated rings. The Bertz CT molecular complexity index is 818. The average molecular weight is 524 g/mol. The quantitative estimate of drug-likeness (QED) is 0.356. The van der Waals surface area contributed by atoms with E-state index in [0.717, 1.165) is 36.3 Å². The van der Waals surface area contributed by atoms with Crippen LogP contribution < -0.4 is 10.6 Å². The van der Waals surface area contributed by atoms with E-state index >= 15 is 0 Å². The van der Waals surface area contributed by atoms with E-state index < -0.39 is 0 Å². The van der Waals surface area contributed by atoms with Gasteiger partial charge in [-0.2, -0.15) is 0 Å². The maximum Gasteiger partial charge on any atom is 0.191 e. The Hall–Kier alpha value is -1.35. The van der Waals surface area contributed by atoms with E-state index in [9.17, 15) is 0 Å². The van der Waals surface area contributed by atoms with Gasteiger partial charge in [-0.3, -0.25) is 4.99 Å². The number of aryl methyl sites for hydroxylation is 1. The third-order valence-corrected chi connectivity index (χ3v) is 6.59. The fourth-order valence-electron chi connectivity index (χ4n) is 4.88. The van der Waals surface area contributed by atoms with Crippen molar-refractivity contribution in [2.75, 3.05) is 26.7 Å². The van der Waals surface area contributed by atoms with Gasteiger partial charge in [0.25, 0.3) is 0 Å². The molecule has 0 atom stereocenters. The molecule has 0 amide bonds. The molecule has 2 aromatic rings. The zero-order valence-electron chi connectivity index (χ0n) is 18.4. The second-order valence-corrected chi connectivity index (χ2v) is 8.65. The van der Waals surface area contributed by atoms with Gasteiger partial charge in [-0.1, -0.05) is 25.3 Å². The molecule has 7 heteroatoms. The van der Waals surface area contributed by atoms with Crippen LogP contribution in [0.25, 0.3) is 5.65 Å². The Morgan fingerprint density at radius 1 is 1.17 bits per heavy atom. The van der Waals surface area contributed by atoms with Gasteiger partial charge in [0.05, 0.1) is 5.69 Å². The first kappa shape index (κ1) is 23.3. The van der Waals surface area contributed by atoms with Crippen LogP contribution in [0.4, 0.5) is 0 Å². The maximum atomic E-state index is 4.76. The molecule has 0 radical (unpaired) electrons. The normalized spacial score (nSPS) is 19.6. The number of aromatic nitrogens is 2. The SMILES string of the molecule is CN=C(NCCc1cn2cccc(C)c2n1)NC1CCN(C2CCCCC2)CC1.I. The summed E-state index contributed by atoms with van der Waals surface area (Å²) in [4.78, 5) is 11.9. The number of hydrogen-bond acceptors (Lipinski definition) is 3. The number of likely N-dealkylation sites (tertiary alicyclic amines) is 1. The van der Waals surface area contributed by atoms with E-state index in [0.29, 0.717) is 6.04 Å². The number of fused-ring (bicyclic) bond motifs is 1.